The number of halogens is 2. The Morgan fingerprint density at radius 1 is 1.86 bits per heavy atom. The summed E-state index contributed by atoms with van der Waals surface area (Å²) in [6.07, 6.45) is 1.54. The van der Waals surface area contributed by atoms with E-state index >= 15 is 0 Å². The first-order chi connectivity index (χ1) is 3.30. The van der Waals surface area contributed by atoms with Gasteiger partial charge in [0.1, 0.15) is 6.26 Å². The largest absolute Gasteiger partial charge is 0.362 e. The Morgan fingerprint density at radius 3 is 2.71 bits per heavy atom. The molecule has 0 saturated carbocycles. The molecule has 0 fully saturated rings. The summed E-state index contributed by atoms with van der Waals surface area (Å²) >= 11 is 5.27. The van der Waals surface area contributed by atoms with Crippen LogP contribution in [0.5, 0.6) is 0 Å². The van der Waals surface area contributed by atoms with Gasteiger partial charge in [0.15, 0.2) is 3.70 Å². The first kappa shape index (κ1) is 5.55. The molecule has 0 aliphatic carbocycles. The van der Waals surface area contributed by atoms with E-state index < -0.39 is 0 Å². The summed E-state index contributed by atoms with van der Waals surface area (Å²) in [6.45, 7) is 0. The minimum Gasteiger partial charge on any atom is -0.362 e. The van der Waals surface area contributed by atoms with Crippen LogP contribution in [0.4, 0.5) is 0 Å². The molecule has 0 unspecified atom stereocenters. The molecular weight excluding hydrogens is 273 g/mol. The number of hydrogen-bond acceptors (Lipinski definition) is 2. The fourth-order valence-electron chi connectivity index (χ4n) is 0.211. The van der Waals surface area contributed by atoms with Crippen molar-refractivity contribution >= 4 is 38.5 Å². The van der Waals surface area contributed by atoms with Gasteiger partial charge in [0, 0.05) is 0 Å². The van der Waals surface area contributed by atoms with Gasteiger partial charge in [-0.1, -0.05) is 5.16 Å². The lowest BCUT2D eigenvalue weighted by molar-refractivity contribution is 0.415. The fourth-order valence-corrected chi connectivity index (χ4v) is 0.608. The maximum Gasteiger partial charge on any atom is 0.158 e. The zero-order valence-electron chi connectivity index (χ0n) is 3.19. The molecule has 0 atom stereocenters. The Hall–Kier alpha value is 0.420. The van der Waals surface area contributed by atoms with Crippen LogP contribution >= 0.6 is 38.5 Å². The van der Waals surface area contributed by atoms with Crippen molar-refractivity contribution in [2.45, 2.75) is 0 Å². The number of nitrogens with zero attached hydrogens (tertiary/aromatic N) is 1. The van der Waals surface area contributed by atoms with Crippen LogP contribution in [-0.4, -0.2) is 5.16 Å². The van der Waals surface area contributed by atoms with Gasteiger partial charge in [-0.3, -0.25) is 0 Å². The van der Waals surface area contributed by atoms with E-state index in [1.54, 1.807) is 6.26 Å². The predicted octanol–water partition coefficient (Wildman–Crippen LogP) is 2.04. The van der Waals surface area contributed by atoms with Crippen LogP contribution in [-0.2, 0) is 0 Å². The van der Waals surface area contributed by atoms with Crippen molar-refractivity contribution in [2.24, 2.45) is 0 Å². The normalized spacial score (nSPS) is 9.43. The lowest BCUT2D eigenvalue weighted by atomic mass is 10.8. The van der Waals surface area contributed by atoms with Crippen molar-refractivity contribution in [3.63, 3.8) is 0 Å². The highest BCUT2D eigenvalue weighted by Crippen LogP contribution is 2.15. The number of hydrogen-bond donors (Lipinski definition) is 0. The van der Waals surface area contributed by atoms with E-state index in [1.165, 1.54) is 0 Å². The maximum atomic E-state index is 4.54. The van der Waals surface area contributed by atoms with Crippen LogP contribution in [0.25, 0.3) is 0 Å². The van der Waals surface area contributed by atoms with Gasteiger partial charge in [-0.2, -0.15) is 0 Å². The predicted molar refractivity (Wildman–Crippen MR) is 36.9 cm³/mol. The Morgan fingerprint density at radius 2 is 2.57 bits per heavy atom. The van der Waals surface area contributed by atoms with E-state index in [-0.39, 0.29) is 0 Å². The average Bonchev–Trinajstić information content (AvgIpc) is 1.91. The summed E-state index contributed by atoms with van der Waals surface area (Å²) in [5.74, 6) is 0. The van der Waals surface area contributed by atoms with Gasteiger partial charge in [-0.05, 0) is 38.5 Å². The van der Waals surface area contributed by atoms with E-state index in [4.69, 9.17) is 0 Å². The second kappa shape index (κ2) is 2.13. The Balaban J connectivity index is 3.12. The summed E-state index contributed by atoms with van der Waals surface area (Å²) < 4.78 is 6.31. The van der Waals surface area contributed by atoms with Gasteiger partial charge in [-0.25, -0.2) is 0 Å². The van der Waals surface area contributed by atoms with Gasteiger partial charge in [0.25, 0.3) is 0 Å². The molecule has 0 radical (unpaired) electrons. The van der Waals surface area contributed by atoms with E-state index in [2.05, 4.69) is 48.2 Å². The van der Waals surface area contributed by atoms with Crippen molar-refractivity contribution in [1.82, 2.24) is 5.16 Å². The smallest absolute Gasteiger partial charge is 0.158 e. The molecule has 38 valence electrons. The van der Waals surface area contributed by atoms with Crippen LogP contribution < -0.4 is 0 Å². The second-order valence-electron chi connectivity index (χ2n) is 0.953. The summed E-state index contributed by atoms with van der Waals surface area (Å²) in [5, 5.41) is 3.58. The minimum atomic E-state index is 0.859. The molecule has 1 aromatic heterocycles. The van der Waals surface area contributed by atoms with E-state index in [0.717, 1.165) is 8.17 Å². The van der Waals surface area contributed by atoms with Crippen LogP contribution in [0.3, 0.4) is 0 Å². The molecule has 4 heteroatoms. The van der Waals surface area contributed by atoms with Gasteiger partial charge in [-0.15, -0.1) is 0 Å². The number of aromatic nitrogens is 1. The molecule has 7 heavy (non-hydrogen) atoms. The van der Waals surface area contributed by atoms with Crippen molar-refractivity contribution in [3.8, 4) is 0 Å². The second-order valence-corrected chi connectivity index (χ2v) is 2.83. The van der Waals surface area contributed by atoms with Crippen LogP contribution in [0.2, 0.25) is 0 Å². The van der Waals surface area contributed by atoms with Gasteiger partial charge in [0.05, 0.1) is 4.47 Å². The van der Waals surface area contributed by atoms with E-state index in [0.29, 0.717) is 0 Å². The molecule has 0 spiro atoms. The van der Waals surface area contributed by atoms with E-state index in [1.807, 2.05) is 0 Å². The zero-order valence-corrected chi connectivity index (χ0v) is 6.93. The average molecular weight is 274 g/mol. The van der Waals surface area contributed by atoms with Crippen LogP contribution in [0, 0.1) is 3.70 Å². The fraction of sp³-hybridized carbons (Fsp3) is 0. The van der Waals surface area contributed by atoms with Crippen LogP contribution in [0.15, 0.2) is 15.3 Å². The molecule has 0 bridgehead atoms. The molecule has 2 nitrogen and oxygen atoms in total. The molecule has 0 saturated heterocycles. The third-order valence-corrected chi connectivity index (χ3v) is 2.57. The standard InChI is InChI=1S/C3HBrINO/c4-2-1-7-6-3(2)5/h1H. The first-order valence-electron chi connectivity index (χ1n) is 1.56. The van der Waals surface area contributed by atoms with Crippen molar-refractivity contribution < 1.29 is 4.52 Å². The molecule has 1 aromatic rings. The summed E-state index contributed by atoms with van der Waals surface area (Å²) in [6, 6.07) is 0. The highest BCUT2D eigenvalue weighted by Gasteiger charge is 1.95. The lowest BCUT2D eigenvalue weighted by Gasteiger charge is -1.69. The summed E-state index contributed by atoms with van der Waals surface area (Å²) in [5.41, 5.74) is 0. The first-order valence-corrected chi connectivity index (χ1v) is 3.43. The Bertz CT molecular complexity index is 147. The minimum absolute atomic E-state index is 0.859. The molecule has 0 aromatic carbocycles. The third kappa shape index (κ3) is 1.16. The van der Waals surface area contributed by atoms with Gasteiger partial charge >= 0.3 is 0 Å². The summed E-state index contributed by atoms with van der Waals surface area (Å²) in [4.78, 5) is 0. The summed E-state index contributed by atoms with van der Waals surface area (Å²) in [7, 11) is 0. The van der Waals surface area contributed by atoms with Crippen molar-refractivity contribution in [3.05, 3.63) is 14.4 Å². The highest BCUT2D eigenvalue weighted by atomic mass is 127. The topological polar surface area (TPSA) is 26.0 Å². The van der Waals surface area contributed by atoms with Gasteiger partial charge in [0.2, 0.25) is 0 Å². The molecular formula is C3HBrINO. The Labute approximate surface area is 62.5 Å². The van der Waals surface area contributed by atoms with Gasteiger partial charge < -0.3 is 4.52 Å². The third-order valence-electron chi connectivity index (χ3n) is 0.486. The Kier molecular flexibility index (Phi) is 1.69. The molecule has 0 amide bonds. The quantitative estimate of drug-likeness (QED) is 0.676. The van der Waals surface area contributed by atoms with Crippen molar-refractivity contribution in [2.75, 3.05) is 0 Å². The lowest BCUT2D eigenvalue weighted by Crippen LogP contribution is -1.62. The SMILES string of the molecule is Brc1conc1I. The van der Waals surface area contributed by atoms with E-state index in [9.17, 15) is 0 Å². The molecule has 1 rings (SSSR count). The monoisotopic (exact) mass is 273 g/mol. The van der Waals surface area contributed by atoms with Crippen molar-refractivity contribution in [1.29, 1.82) is 0 Å². The molecule has 1 heterocycles. The van der Waals surface area contributed by atoms with Crippen LogP contribution in [0.1, 0.15) is 0 Å². The molecule has 0 N–H and O–H groups in total. The highest BCUT2D eigenvalue weighted by molar-refractivity contribution is 14.1. The number of rotatable bonds is 0. The molecule has 0 aliphatic rings. The maximum absolute atomic E-state index is 4.54. The zero-order chi connectivity index (χ0) is 5.28. The molecule has 0 aliphatic heterocycles.